The van der Waals surface area contributed by atoms with Gasteiger partial charge in [-0.1, -0.05) is 42.6 Å². The van der Waals surface area contributed by atoms with Gasteiger partial charge in [0.1, 0.15) is 18.8 Å². The SMILES string of the molecule is Brc1cc(Br)c(-n2c[n+]3c(n2)COC2Cc4ccc(Br)cc4C23)c(Br)c1. The molecule has 2 atom stereocenters. The molecule has 0 spiro atoms. The van der Waals surface area contributed by atoms with Gasteiger partial charge in [0.15, 0.2) is 5.69 Å². The molecule has 0 saturated carbocycles. The van der Waals surface area contributed by atoms with Gasteiger partial charge in [-0.25, -0.2) is 4.57 Å². The minimum Gasteiger partial charge on any atom is -0.363 e. The first-order valence-corrected chi connectivity index (χ1v) is 11.2. The predicted molar refractivity (Wildman–Crippen MR) is 111 cm³/mol. The van der Waals surface area contributed by atoms with E-state index in [-0.39, 0.29) is 12.1 Å². The Kier molecular flexibility index (Phi) is 4.40. The zero-order chi connectivity index (χ0) is 18.0. The standard InChI is InChI=1S/C18H12Br4N3O/c19-10-2-1-9-3-15-17(12(9)4-10)24-8-25(23-16(24)7-26-15)18-13(21)5-11(20)6-14(18)22/h1-2,4-6,8,15,17H,3,7H2/q+1. The van der Waals surface area contributed by atoms with Crippen LogP contribution in [0, 0.1) is 0 Å². The fraction of sp³-hybridized carbons (Fsp3) is 0.222. The van der Waals surface area contributed by atoms with E-state index in [4.69, 9.17) is 9.84 Å². The Labute approximate surface area is 184 Å². The van der Waals surface area contributed by atoms with Crippen molar-refractivity contribution in [3.63, 3.8) is 0 Å². The first-order chi connectivity index (χ1) is 12.5. The third-order valence-corrected chi connectivity index (χ3v) is 7.05. The Bertz CT molecular complexity index is 1030. The maximum absolute atomic E-state index is 6.14. The Morgan fingerprint density at radius 2 is 1.81 bits per heavy atom. The molecule has 0 radical (unpaired) electrons. The lowest BCUT2D eigenvalue weighted by Gasteiger charge is -2.23. The summed E-state index contributed by atoms with van der Waals surface area (Å²) in [6.07, 6.45) is 3.17. The molecule has 3 aromatic rings. The number of rotatable bonds is 1. The van der Waals surface area contributed by atoms with Crippen LogP contribution in [0.1, 0.15) is 23.0 Å². The third kappa shape index (κ3) is 2.76. The maximum Gasteiger partial charge on any atom is 0.304 e. The smallest absolute Gasteiger partial charge is 0.304 e. The van der Waals surface area contributed by atoms with Gasteiger partial charge in [0.05, 0.1) is 8.95 Å². The summed E-state index contributed by atoms with van der Waals surface area (Å²) < 4.78 is 14.3. The molecular formula is C18H12Br4N3O+. The number of fused-ring (bicyclic) bond motifs is 5. The fourth-order valence-electron chi connectivity index (χ4n) is 3.80. The summed E-state index contributed by atoms with van der Waals surface area (Å²) in [4.78, 5) is 0. The van der Waals surface area contributed by atoms with E-state index < -0.39 is 0 Å². The van der Waals surface area contributed by atoms with Crippen LogP contribution in [0.5, 0.6) is 0 Å². The van der Waals surface area contributed by atoms with Crippen LogP contribution in [0.4, 0.5) is 0 Å². The molecule has 2 aromatic carbocycles. The van der Waals surface area contributed by atoms with Crippen molar-refractivity contribution < 1.29 is 9.30 Å². The summed E-state index contributed by atoms with van der Waals surface area (Å²) in [5.74, 6) is 0.931. The summed E-state index contributed by atoms with van der Waals surface area (Å²) in [5, 5.41) is 4.80. The number of aromatic nitrogens is 3. The van der Waals surface area contributed by atoms with Crippen molar-refractivity contribution in [2.75, 3.05) is 0 Å². The highest BCUT2D eigenvalue weighted by molar-refractivity contribution is 9.11. The monoisotopic (exact) mass is 602 g/mol. The van der Waals surface area contributed by atoms with Crippen LogP contribution in [0.2, 0.25) is 0 Å². The Hall–Kier alpha value is -0.540. The zero-order valence-corrected chi connectivity index (χ0v) is 19.6. The Morgan fingerprint density at radius 1 is 1.04 bits per heavy atom. The average Bonchev–Trinajstić information content (AvgIpc) is 3.14. The third-order valence-electron chi connectivity index (χ3n) is 4.89. The molecule has 2 unspecified atom stereocenters. The fourth-order valence-corrected chi connectivity index (χ4v) is 6.80. The van der Waals surface area contributed by atoms with Gasteiger partial charge in [-0.05, 0) is 67.3 Å². The van der Waals surface area contributed by atoms with Crippen molar-refractivity contribution >= 4 is 63.7 Å². The molecule has 0 saturated heterocycles. The normalized spacial score (nSPS) is 20.6. The van der Waals surface area contributed by atoms with E-state index in [9.17, 15) is 0 Å². The highest BCUT2D eigenvalue weighted by atomic mass is 79.9. The quantitative estimate of drug-likeness (QED) is 0.355. The number of halogens is 4. The molecule has 8 heteroatoms. The van der Waals surface area contributed by atoms with E-state index >= 15 is 0 Å². The minimum absolute atomic E-state index is 0.159. The maximum atomic E-state index is 6.14. The Morgan fingerprint density at radius 3 is 2.58 bits per heavy atom. The van der Waals surface area contributed by atoms with Gasteiger partial charge in [0.2, 0.25) is 6.33 Å². The molecule has 1 aromatic heterocycles. The summed E-state index contributed by atoms with van der Waals surface area (Å²) >= 11 is 14.4. The highest BCUT2D eigenvalue weighted by Crippen LogP contribution is 2.38. The highest BCUT2D eigenvalue weighted by Gasteiger charge is 2.43. The number of benzene rings is 2. The molecule has 26 heavy (non-hydrogen) atoms. The lowest BCUT2D eigenvalue weighted by Crippen LogP contribution is -2.51. The second-order valence-electron chi connectivity index (χ2n) is 6.44. The number of hydrogen-bond acceptors (Lipinski definition) is 2. The number of nitrogens with zero attached hydrogens (tertiary/aromatic N) is 3. The molecular weight excluding hydrogens is 594 g/mol. The Balaban J connectivity index is 1.65. The van der Waals surface area contributed by atoms with Crippen LogP contribution in [0.3, 0.4) is 0 Å². The first kappa shape index (κ1) is 17.6. The second-order valence-corrected chi connectivity index (χ2v) is 9.98. The van der Waals surface area contributed by atoms with Gasteiger partial charge >= 0.3 is 5.82 Å². The molecule has 2 aliphatic rings. The van der Waals surface area contributed by atoms with Crippen LogP contribution in [0.15, 0.2) is 54.6 Å². The molecule has 0 amide bonds. The van der Waals surface area contributed by atoms with Crippen molar-refractivity contribution in [1.82, 2.24) is 9.78 Å². The van der Waals surface area contributed by atoms with Crippen molar-refractivity contribution in [3.8, 4) is 5.69 Å². The lowest BCUT2D eigenvalue weighted by molar-refractivity contribution is -0.739. The molecule has 5 rings (SSSR count). The van der Waals surface area contributed by atoms with E-state index in [0.29, 0.717) is 6.61 Å². The van der Waals surface area contributed by atoms with E-state index in [1.54, 1.807) is 0 Å². The van der Waals surface area contributed by atoms with E-state index in [1.807, 2.05) is 16.8 Å². The summed E-state index contributed by atoms with van der Waals surface area (Å²) in [5.41, 5.74) is 3.63. The molecule has 2 heterocycles. The molecule has 1 aliphatic heterocycles. The van der Waals surface area contributed by atoms with Gasteiger partial charge in [0, 0.05) is 20.5 Å². The molecule has 0 N–H and O–H groups in total. The predicted octanol–water partition coefficient (Wildman–Crippen LogP) is 5.25. The van der Waals surface area contributed by atoms with Crippen molar-refractivity contribution in [2.45, 2.75) is 25.2 Å². The zero-order valence-electron chi connectivity index (χ0n) is 13.3. The summed E-state index contributed by atoms with van der Waals surface area (Å²) in [6, 6.07) is 10.7. The van der Waals surface area contributed by atoms with E-state index in [0.717, 1.165) is 35.8 Å². The average molecular weight is 606 g/mol. The number of ether oxygens (including phenoxy) is 1. The van der Waals surface area contributed by atoms with Crippen LogP contribution in [0.25, 0.3) is 5.69 Å². The molecule has 1 aliphatic carbocycles. The van der Waals surface area contributed by atoms with Gasteiger partial charge in [-0.2, -0.15) is 0 Å². The van der Waals surface area contributed by atoms with Gasteiger partial charge in [-0.15, -0.1) is 0 Å². The van der Waals surface area contributed by atoms with Crippen LogP contribution in [-0.4, -0.2) is 15.9 Å². The largest absolute Gasteiger partial charge is 0.363 e. The van der Waals surface area contributed by atoms with E-state index in [2.05, 4.69) is 92.8 Å². The van der Waals surface area contributed by atoms with Gasteiger partial charge in [-0.3, -0.25) is 0 Å². The van der Waals surface area contributed by atoms with Gasteiger partial charge in [0.25, 0.3) is 0 Å². The van der Waals surface area contributed by atoms with Crippen molar-refractivity contribution in [1.29, 1.82) is 0 Å². The first-order valence-electron chi connectivity index (χ1n) is 8.06. The van der Waals surface area contributed by atoms with E-state index in [1.165, 1.54) is 11.1 Å². The molecule has 4 nitrogen and oxygen atoms in total. The van der Waals surface area contributed by atoms with Gasteiger partial charge < -0.3 is 4.74 Å². The summed E-state index contributed by atoms with van der Waals surface area (Å²) in [7, 11) is 0. The topological polar surface area (TPSA) is 30.9 Å². The molecule has 132 valence electrons. The van der Waals surface area contributed by atoms with Crippen molar-refractivity contribution in [3.05, 3.63) is 71.5 Å². The minimum atomic E-state index is 0.159. The van der Waals surface area contributed by atoms with Crippen molar-refractivity contribution in [2.24, 2.45) is 0 Å². The lowest BCUT2D eigenvalue weighted by atomic mass is 10.1. The van der Waals surface area contributed by atoms with Crippen LogP contribution < -0.4 is 4.57 Å². The second kappa shape index (κ2) is 6.51. The summed E-state index contributed by atoms with van der Waals surface area (Å²) in [6.45, 7) is 0.523. The molecule has 0 fully saturated rings. The van der Waals surface area contributed by atoms with Crippen LogP contribution in [-0.2, 0) is 17.8 Å². The number of hydrogen-bond donors (Lipinski definition) is 0. The van der Waals surface area contributed by atoms with Crippen LogP contribution >= 0.6 is 63.7 Å². The molecule has 0 bridgehead atoms.